The third-order valence-corrected chi connectivity index (χ3v) is 18.9. The van der Waals surface area contributed by atoms with E-state index >= 15 is 0 Å². The van der Waals surface area contributed by atoms with Crippen LogP contribution in [0.15, 0.2) is 62.8 Å². The molecule has 37 nitrogen and oxygen atoms in total. The molecule has 9 atom stereocenters. The number of carboxylic acid groups (broad SMARTS) is 4. The van der Waals surface area contributed by atoms with Crippen LogP contribution in [0.25, 0.3) is 11.2 Å². The summed E-state index contributed by atoms with van der Waals surface area (Å²) in [5, 5.41) is 61.4. The van der Waals surface area contributed by atoms with Crippen molar-refractivity contribution in [3.63, 3.8) is 0 Å². The van der Waals surface area contributed by atoms with Crippen molar-refractivity contribution in [3.8, 4) is 0 Å². The predicted octanol–water partition coefficient (Wildman–Crippen LogP) is -2.49. The minimum atomic E-state index is -1.97. The van der Waals surface area contributed by atoms with E-state index in [1.54, 1.807) is 18.7 Å². The Morgan fingerprint density at radius 2 is 1.45 bits per heavy atom. The Kier molecular flexibility index (Phi) is 26.5. The number of carboxylic acids is 4. The Labute approximate surface area is 585 Å². The van der Waals surface area contributed by atoms with Gasteiger partial charge in [-0.2, -0.15) is 4.98 Å². The number of nitrogens with two attached hydrogens (primary N) is 4. The standard InChI is InChI=1S/C59H78N18O19S2.V.H2/c1-25-40(44(84)39-29(23-96-56(63)94)59(95-6)45-34(68-45)22-77(59)42(39)43(25)83)76-57(2,3)15-17-97-98-24-35(53(92)93)72-49(87)32(18-37(79)80)71-48(86)30(8-7-16-64-54(60)61)69-50(88)33(19-38(81)82)75-58(4,5)36(78)14-13-31(52(90)91)70-47(85)26-9-11-27(12-10-26)65-20-28-21-66-46-41(67-28)51(89)74-55(62)73-46;;/h9-12,21,29-35,45,65,68,75-76H,7-8,13-20,22-24H2,1-6H3,(H2,63,94)(H,69,88)(H,70,85)(H,71,86)(H,72,87)(H,79,80)(H,81,82)(H,90,91)(H,92,93)(H4,60,61,64)(H3,62,66,73,74,89);;1H/t29-,30+,31+,32?,33?,34+,35+,45+,59-;;/m1../s1/i;;1+1. The summed E-state index contributed by atoms with van der Waals surface area (Å²) in [7, 11) is 3.65. The maximum atomic E-state index is 14.4. The first-order chi connectivity index (χ1) is 46.1. The number of aliphatic imine (C=N–C) groups is 1. The topological polar surface area (TPSA) is 602 Å². The Morgan fingerprint density at radius 1 is 0.828 bits per heavy atom. The Balaban J connectivity index is 0.00000901. The molecule has 3 aliphatic heterocycles. The number of aromatic nitrogens is 4. The molecule has 0 spiro atoms. The number of nitrogens with one attached hydrogen (secondary N) is 9. The van der Waals surface area contributed by atoms with Crippen molar-refractivity contribution < 1.29 is 107 Å². The molecule has 5 amide bonds. The average molecular weight is 1460 g/mol. The largest absolute Gasteiger partial charge is 0.481 e. The molecular formula is C59H80N18O19S2V. The zero-order chi connectivity index (χ0) is 72.3. The number of carbonyl (C=O) groups is 12. The van der Waals surface area contributed by atoms with Crippen LogP contribution in [0, 0.1) is 5.92 Å². The molecule has 7 rings (SSSR count). The third-order valence-electron chi connectivity index (χ3n) is 16.5. The van der Waals surface area contributed by atoms with Gasteiger partial charge in [0.05, 0.1) is 66.2 Å². The molecule has 1 radical (unpaired) electrons. The second-order valence-corrected chi connectivity index (χ2v) is 27.1. The number of Topliss-reactive ketones (excluding diaryl/α,β-unsaturated/α-hetero) is 3. The van der Waals surface area contributed by atoms with E-state index in [-0.39, 0.29) is 122 Å². The Hall–Kier alpha value is -9.41. The van der Waals surface area contributed by atoms with Gasteiger partial charge in [0, 0.05) is 92.1 Å². The molecule has 0 bridgehead atoms. The summed E-state index contributed by atoms with van der Waals surface area (Å²) in [6.45, 7) is 7.63. The van der Waals surface area contributed by atoms with Gasteiger partial charge in [-0.3, -0.25) is 63.2 Å². The minimum absolute atomic E-state index is 0. The molecule has 537 valence electrons. The first-order valence-electron chi connectivity index (χ1n) is 30.5. The normalized spacial score (nSPS) is 19.1. The summed E-state index contributed by atoms with van der Waals surface area (Å²) >= 11 is 0. The van der Waals surface area contributed by atoms with Gasteiger partial charge in [0.15, 0.2) is 28.6 Å². The van der Waals surface area contributed by atoms with Crippen LogP contribution in [0.4, 0.5) is 16.4 Å². The molecule has 40 heteroatoms. The fourth-order valence-corrected chi connectivity index (χ4v) is 13.9. The fraction of sp³-hybridized carbons (Fsp3) is 0.508. The van der Waals surface area contributed by atoms with E-state index in [1.807, 2.05) is 0 Å². The second kappa shape index (κ2) is 33.4. The van der Waals surface area contributed by atoms with Gasteiger partial charge in [-0.1, -0.05) is 21.6 Å². The van der Waals surface area contributed by atoms with Crippen LogP contribution in [-0.2, 0) is 82.5 Å². The summed E-state index contributed by atoms with van der Waals surface area (Å²) < 4.78 is 11.2. The monoisotopic (exact) mass is 1460 g/mol. The number of piperazine rings is 1. The van der Waals surface area contributed by atoms with Crippen LogP contribution in [0.1, 0.15) is 97.0 Å². The van der Waals surface area contributed by atoms with Crippen molar-refractivity contribution >= 4 is 121 Å². The van der Waals surface area contributed by atoms with E-state index in [2.05, 4.69) is 67.5 Å². The molecule has 1 aliphatic carbocycles. The number of fused-ring (bicyclic) bond motifs is 5. The van der Waals surface area contributed by atoms with E-state index in [0.717, 1.165) is 10.8 Å². The third kappa shape index (κ3) is 19.7. The summed E-state index contributed by atoms with van der Waals surface area (Å²) in [5.41, 5.74) is 18.8. The number of rotatable bonds is 38. The van der Waals surface area contributed by atoms with Crippen molar-refractivity contribution in [3.05, 3.63) is 74.6 Å². The predicted molar refractivity (Wildman–Crippen MR) is 353 cm³/mol. The van der Waals surface area contributed by atoms with Crippen molar-refractivity contribution in [2.24, 2.45) is 28.1 Å². The van der Waals surface area contributed by atoms with Crippen molar-refractivity contribution in [1.82, 2.24) is 62.1 Å². The molecule has 1 aromatic carbocycles. The number of H-pyrrole nitrogens is 1. The first-order valence-corrected chi connectivity index (χ1v) is 33.0. The number of anilines is 2. The number of ether oxygens (including phenoxy) is 2. The number of guanidine groups is 1. The maximum absolute atomic E-state index is 14.4. The summed E-state index contributed by atoms with van der Waals surface area (Å²) in [5.74, 6) is -13.6. The van der Waals surface area contributed by atoms with E-state index < -0.39 is 155 Å². The number of ketones is 3. The number of amides is 5. The van der Waals surface area contributed by atoms with Gasteiger partial charge in [-0.05, 0) is 84.6 Å². The van der Waals surface area contributed by atoms with Crippen LogP contribution in [-0.4, -0.2) is 220 Å². The van der Waals surface area contributed by atoms with E-state index in [9.17, 15) is 82.8 Å². The fourth-order valence-electron chi connectivity index (χ4n) is 11.4. The van der Waals surface area contributed by atoms with Gasteiger partial charge < -0.3 is 95.0 Å². The van der Waals surface area contributed by atoms with Gasteiger partial charge in [-0.25, -0.2) is 24.4 Å². The van der Waals surface area contributed by atoms with E-state index in [4.69, 9.17) is 32.4 Å². The Morgan fingerprint density at radius 3 is 2.08 bits per heavy atom. The average Bonchev–Trinajstić information content (AvgIpc) is 1.50. The van der Waals surface area contributed by atoms with E-state index in [1.165, 1.54) is 69.1 Å². The van der Waals surface area contributed by atoms with Crippen molar-refractivity contribution in [2.45, 2.75) is 145 Å². The van der Waals surface area contributed by atoms with Crippen LogP contribution < -0.4 is 71.0 Å². The molecule has 21 N–H and O–H groups in total. The number of nitrogen functional groups attached to an aromatic ring is 1. The number of aliphatic carboxylic acids is 4. The van der Waals surface area contributed by atoms with Crippen LogP contribution in [0.3, 0.4) is 0 Å². The van der Waals surface area contributed by atoms with Crippen molar-refractivity contribution in [1.29, 1.82) is 0 Å². The summed E-state index contributed by atoms with van der Waals surface area (Å²) in [6, 6.07) is -3.22. The molecule has 99 heavy (non-hydrogen) atoms. The van der Waals surface area contributed by atoms with Gasteiger partial charge in [0.1, 0.15) is 30.8 Å². The van der Waals surface area contributed by atoms with Gasteiger partial charge >= 0.3 is 30.0 Å². The minimum Gasteiger partial charge on any atom is -0.481 e. The number of nitrogens with zero attached hydrogens (tertiary/aromatic N) is 5. The van der Waals surface area contributed by atoms with Crippen LogP contribution in [0.5, 0.6) is 0 Å². The number of hydrogen-bond donors (Lipinski definition) is 17. The zero-order valence-electron chi connectivity index (χ0n) is 54.4. The van der Waals surface area contributed by atoms with E-state index in [0.29, 0.717) is 30.1 Å². The van der Waals surface area contributed by atoms with Crippen LogP contribution >= 0.6 is 21.6 Å². The number of methoxy groups -OCH3 is 1. The molecule has 3 aromatic rings. The van der Waals surface area contributed by atoms with Gasteiger partial charge in [0.2, 0.25) is 35.2 Å². The molecule has 5 heterocycles. The molecule has 0 saturated carbocycles. The van der Waals surface area contributed by atoms with Crippen molar-refractivity contribution in [2.75, 3.05) is 49.4 Å². The molecule has 2 fully saturated rings. The number of hydrogen-bond acceptors (Lipinski definition) is 27. The molecule has 2 aromatic heterocycles. The number of aromatic amines is 1. The number of primary amides is 1. The molecular weight excluding hydrogens is 1380 g/mol. The SMILES string of the molecule is CO[C@@]12[C@H](COC(N)=O)C3=C(C(=O)C(C)=C(NC(C)(C)CCSSC[C@H](NC(=O)C(CC(=O)O)NC(=O)[C@H](CCCN=C(N)N)NC(=O)C(CC(=O)O)NC(C)(C)C(=O)CC[C@H](NC(=O)c4ccc(NCc5cnc6nc(N)[nH]c(=O)c6n5)cc4)C(=O)O)C(=O)O)C3=O)N1C[C@@H]1N[C@@H]12.[2HH].[V]. The Bertz CT molecular complexity index is 3840. The molecule has 2 saturated heterocycles. The van der Waals surface area contributed by atoms with Gasteiger partial charge in [-0.15, -0.1) is 0 Å². The summed E-state index contributed by atoms with van der Waals surface area (Å²) in [4.78, 5) is 191. The number of allylic oxidation sites excluding steroid dienone is 2. The number of carbonyl (C=O) groups excluding carboxylic acids is 8. The number of benzene rings is 1. The molecule has 4 aliphatic rings. The quantitative estimate of drug-likeness (QED) is 0.00704. The smallest absolute Gasteiger partial charge is 0.404 e. The zero-order valence-corrected chi connectivity index (χ0v) is 57.4. The molecule has 2 unspecified atom stereocenters. The maximum Gasteiger partial charge on any atom is 0.404 e. The van der Waals surface area contributed by atoms with Gasteiger partial charge in [0.25, 0.3) is 11.5 Å². The second-order valence-electron chi connectivity index (χ2n) is 24.5. The van der Waals surface area contributed by atoms with Crippen LogP contribution in [0.2, 0.25) is 0 Å². The first kappa shape index (κ1) is 78.6. The summed E-state index contributed by atoms with van der Waals surface area (Å²) in [6.07, 6.45) is -2.87.